The van der Waals surface area contributed by atoms with Gasteiger partial charge in [-0.25, -0.2) is 4.39 Å². The normalized spacial score (nSPS) is 11.2. The summed E-state index contributed by atoms with van der Waals surface area (Å²) in [4.78, 5) is 0. The summed E-state index contributed by atoms with van der Waals surface area (Å²) in [5, 5.41) is 4.35. The van der Waals surface area contributed by atoms with E-state index in [0.717, 1.165) is 22.2 Å². The second-order valence-corrected chi connectivity index (χ2v) is 5.96. The quantitative estimate of drug-likeness (QED) is 0.744. The van der Waals surface area contributed by atoms with E-state index in [1.54, 1.807) is 6.07 Å². The molecule has 0 spiro atoms. The van der Waals surface area contributed by atoms with Crippen molar-refractivity contribution in [2.24, 2.45) is 0 Å². The van der Waals surface area contributed by atoms with Crippen LogP contribution in [-0.2, 0) is 13.1 Å². The molecule has 3 rings (SSSR count). The van der Waals surface area contributed by atoms with Gasteiger partial charge in [0.15, 0.2) is 0 Å². The summed E-state index contributed by atoms with van der Waals surface area (Å²) < 4.78 is 17.1. The molecule has 0 bridgehead atoms. The molecule has 1 heterocycles. The van der Waals surface area contributed by atoms with Gasteiger partial charge in [0.25, 0.3) is 0 Å². The smallest absolute Gasteiger partial charge is 0.128 e. The van der Waals surface area contributed by atoms with Crippen LogP contribution >= 0.6 is 15.9 Å². The summed E-state index contributed by atoms with van der Waals surface area (Å²) in [5.74, 6) is -0.175. The first-order chi connectivity index (χ1) is 10.2. The second-order valence-electron chi connectivity index (χ2n) is 5.05. The van der Waals surface area contributed by atoms with E-state index in [-0.39, 0.29) is 5.82 Å². The third-order valence-electron chi connectivity index (χ3n) is 3.59. The van der Waals surface area contributed by atoms with Gasteiger partial charge < -0.3 is 9.88 Å². The third-order valence-corrected chi connectivity index (χ3v) is 4.08. The molecule has 0 fully saturated rings. The van der Waals surface area contributed by atoms with Gasteiger partial charge in [0.05, 0.1) is 6.54 Å². The molecule has 0 aliphatic carbocycles. The highest BCUT2D eigenvalue weighted by atomic mass is 79.9. The first-order valence-electron chi connectivity index (χ1n) is 6.84. The zero-order chi connectivity index (χ0) is 14.8. The first-order valence-corrected chi connectivity index (χ1v) is 7.64. The van der Waals surface area contributed by atoms with E-state index in [9.17, 15) is 4.39 Å². The number of nitrogens with zero attached hydrogens (tertiary/aromatic N) is 1. The summed E-state index contributed by atoms with van der Waals surface area (Å²) in [6.07, 6.45) is 0. The maximum Gasteiger partial charge on any atom is 0.128 e. The van der Waals surface area contributed by atoms with Gasteiger partial charge in [-0.2, -0.15) is 0 Å². The maximum atomic E-state index is 14.0. The number of hydrogen-bond donors (Lipinski definition) is 1. The molecule has 0 saturated carbocycles. The van der Waals surface area contributed by atoms with Crippen molar-refractivity contribution in [1.82, 2.24) is 9.88 Å². The van der Waals surface area contributed by atoms with Gasteiger partial charge in [0.2, 0.25) is 0 Å². The van der Waals surface area contributed by atoms with Crippen molar-refractivity contribution in [3.8, 4) is 0 Å². The Labute approximate surface area is 131 Å². The predicted octanol–water partition coefficient (Wildman–Crippen LogP) is 4.31. The van der Waals surface area contributed by atoms with Crippen molar-refractivity contribution in [2.75, 3.05) is 7.05 Å². The summed E-state index contributed by atoms with van der Waals surface area (Å²) >= 11 is 3.41. The van der Waals surface area contributed by atoms with Crippen LogP contribution in [0.1, 0.15) is 11.3 Å². The van der Waals surface area contributed by atoms with Gasteiger partial charge >= 0.3 is 0 Å². The van der Waals surface area contributed by atoms with E-state index in [4.69, 9.17) is 0 Å². The van der Waals surface area contributed by atoms with E-state index >= 15 is 0 Å². The number of nitrogens with one attached hydrogen (secondary N) is 1. The highest BCUT2D eigenvalue weighted by Crippen LogP contribution is 2.23. The van der Waals surface area contributed by atoms with Gasteiger partial charge in [0.1, 0.15) is 5.82 Å². The minimum atomic E-state index is -0.175. The van der Waals surface area contributed by atoms with Crippen LogP contribution in [-0.4, -0.2) is 11.6 Å². The number of aromatic nitrogens is 1. The summed E-state index contributed by atoms with van der Waals surface area (Å²) in [7, 11) is 1.92. The number of fused-ring (bicyclic) bond motifs is 1. The average molecular weight is 347 g/mol. The fourth-order valence-electron chi connectivity index (χ4n) is 2.62. The zero-order valence-corrected chi connectivity index (χ0v) is 13.3. The summed E-state index contributed by atoms with van der Waals surface area (Å²) in [5.41, 5.74) is 2.96. The van der Waals surface area contributed by atoms with Crippen LogP contribution in [0, 0.1) is 5.82 Å². The molecule has 0 saturated heterocycles. The molecule has 2 nitrogen and oxygen atoms in total. The van der Waals surface area contributed by atoms with Crippen LogP contribution in [0.25, 0.3) is 10.9 Å². The van der Waals surface area contributed by atoms with Crippen molar-refractivity contribution in [3.63, 3.8) is 0 Å². The molecule has 4 heteroatoms. The number of benzene rings is 2. The van der Waals surface area contributed by atoms with Crippen LogP contribution in [0.4, 0.5) is 4.39 Å². The van der Waals surface area contributed by atoms with Gasteiger partial charge in [-0.1, -0.05) is 34.1 Å². The Morgan fingerprint density at radius 1 is 1.14 bits per heavy atom. The lowest BCUT2D eigenvalue weighted by Crippen LogP contribution is -2.12. The molecule has 0 atom stereocenters. The molecule has 0 radical (unpaired) electrons. The molecule has 0 amide bonds. The highest BCUT2D eigenvalue weighted by Gasteiger charge is 2.11. The van der Waals surface area contributed by atoms with Crippen molar-refractivity contribution in [3.05, 3.63) is 70.1 Å². The fraction of sp³-hybridized carbons (Fsp3) is 0.176. The Morgan fingerprint density at radius 3 is 2.76 bits per heavy atom. The lowest BCUT2D eigenvalue weighted by molar-refractivity contribution is 0.596. The van der Waals surface area contributed by atoms with Crippen molar-refractivity contribution in [2.45, 2.75) is 13.1 Å². The molecule has 108 valence electrons. The van der Waals surface area contributed by atoms with Gasteiger partial charge in [-0.15, -0.1) is 0 Å². The number of halogens is 2. The first kappa shape index (κ1) is 14.3. The molecule has 3 aromatic rings. The van der Waals surface area contributed by atoms with Crippen molar-refractivity contribution in [1.29, 1.82) is 0 Å². The number of para-hydroxylation sites is 1. The second kappa shape index (κ2) is 6.00. The SMILES string of the molecule is CNCc1cc2ccccc2n1Cc1cc(Br)ccc1F. The van der Waals surface area contributed by atoms with Crippen molar-refractivity contribution >= 4 is 26.8 Å². The molecular formula is C17H16BrFN2. The predicted molar refractivity (Wildman–Crippen MR) is 87.9 cm³/mol. The summed E-state index contributed by atoms with van der Waals surface area (Å²) in [6, 6.07) is 15.4. The summed E-state index contributed by atoms with van der Waals surface area (Å²) in [6.45, 7) is 1.28. The van der Waals surface area contributed by atoms with Crippen LogP contribution in [0.15, 0.2) is 53.0 Å². The standard InChI is InChI=1S/C17H16BrFN2/c1-20-10-15-9-12-4-2-3-5-17(12)21(15)11-13-8-14(18)6-7-16(13)19/h2-9,20H,10-11H2,1H3. The monoisotopic (exact) mass is 346 g/mol. The van der Waals surface area contributed by atoms with Crippen LogP contribution < -0.4 is 5.32 Å². The molecule has 2 aromatic carbocycles. The van der Waals surface area contributed by atoms with E-state index < -0.39 is 0 Å². The maximum absolute atomic E-state index is 14.0. The lowest BCUT2D eigenvalue weighted by atomic mass is 10.2. The molecular weight excluding hydrogens is 331 g/mol. The Bertz CT molecular complexity index is 780. The lowest BCUT2D eigenvalue weighted by Gasteiger charge is -2.12. The minimum absolute atomic E-state index is 0.175. The average Bonchev–Trinajstić information content (AvgIpc) is 2.81. The zero-order valence-electron chi connectivity index (χ0n) is 11.7. The van der Waals surface area contributed by atoms with Crippen LogP contribution in [0.5, 0.6) is 0 Å². The highest BCUT2D eigenvalue weighted by molar-refractivity contribution is 9.10. The molecule has 0 aliphatic heterocycles. The Balaban J connectivity index is 2.10. The van der Waals surface area contributed by atoms with Crippen LogP contribution in [0.2, 0.25) is 0 Å². The number of rotatable bonds is 4. The van der Waals surface area contributed by atoms with Crippen molar-refractivity contribution < 1.29 is 4.39 Å². The molecule has 1 aromatic heterocycles. The van der Waals surface area contributed by atoms with E-state index in [1.807, 2.05) is 25.2 Å². The fourth-order valence-corrected chi connectivity index (χ4v) is 3.03. The van der Waals surface area contributed by atoms with Gasteiger partial charge in [-0.05, 0) is 42.8 Å². The minimum Gasteiger partial charge on any atom is -0.339 e. The molecule has 0 unspecified atom stereocenters. The third kappa shape index (κ3) is 2.87. The molecule has 1 N–H and O–H groups in total. The Hall–Kier alpha value is -1.65. The largest absolute Gasteiger partial charge is 0.339 e. The van der Waals surface area contributed by atoms with E-state index in [1.165, 1.54) is 11.5 Å². The molecule has 21 heavy (non-hydrogen) atoms. The van der Waals surface area contributed by atoms with Crippen LogP contribution in [0.3, 0.4) is 0 Å². The van der Waals surface area contributed by atoms with Gasteiger partial charge in [0, 0.05) is 27.8 Å². The Kier molecular flexibility index (Phi) is 4.08. The number of hydrogen-bond acceptors (Lipinski definition) is 1. The van der Waals surface area contributed by atoms with E-state index in [0.29, 0.717) is 12.1 Å². The molecule has 0 aliphatic rings. The Morgan fingerprint density at radius 2 is 1.95 bits per heavy atom. The topological polar surface area (TPSA) is 17.0 Å². The van der Waals surface area contributed by atoms with E-state index in [2.05, 4.69) is 44.0 Å². The van der Waals surface area contributed by atoms with Gasteiger partial charge in [-0.3, -0.25) is 0 Å².